The SMILES string of the molecule is COc1ccc(S(=O)(=O)NCC[C@@H](O)c2ccoc2)c(C)c1. The molecule has 0 aliphatic rings. The third-order valence-corrected chi connectivity index (χ3v) is 4.93. The van der Waals surface area contributed by atoms with Crippen LogP contribution in [0.4, 0.5) is 0 Å². The molecule has 2 aromatic rings. The second-order valence-electron chi connectivity index (χ2n) is 4.89. The number of methoxy groups -OCH3 is 1. The van der Waals surface area contributed by atoms with E-state index in [1.165, 1.54) is 25.7 Å². The summed E-state index contributed by atoms with van der Waals surface area (Å²) in [4.78, 5) is 0.200. The van der Waals surface area contributed by atoms with Crippen molar-refractivity contribution in [1.29, 1.82) is 0 Å². The number of furan rings is 1. The number of aliphatic hydroxyl groups excluding tert-OH is 1. The number of sulfonamides is 1. The Morgan fingerprint density at radius 2 is 2.14 bits per heavy atom. The lowest BCUT2D eigenvalue weighted by Crippen LogP contribution is -2.26. The van der Waals surface area contributed by atoms with Crippen molar-refractivity contribution in [3.8, 4) is 5.75 Å². The molecule has 0 saturated carbocycles. The van der Waals surface area contributed by atoms with Crippen LogP contribution in [-0.2, 0) is 10.0 Å². The van der Waals surface area contributed by atoms with Crippen molar-refractivity contribution in [2.24, 2.45) is 0 Å². The molecule has 0 bridgehead atoms. The Morgan fingerprint density at radius 3 is 2.73 bits per heavy atom. The fraction of sp³-hybridized carbons (Fsp3) is 0.333. The lowest BCUT2D eigenvalue weighted by atomic mass is 10.1. The normalized spacial score (nSPS) is 13.0. The molecule has 2 N–H and O–H groups in total. The highest BCUT2D eigenvalue weighted by atomic mass is 32.2. The van der Waals surface area contributed by atoms with Crippen LogP contribution in [-0.4, -0.2) is 27.2 Å². The van der Waals surface area contributed by atoms with E-state index in [4.69, 9.17) is 9.15 Å². The molecular weight excluding hydrogens is 306 g/mol. The molecule has 0 fully saturated rings. The quantitative estimate of drug-likeness (QED) is 0.813. The van der Waals surface area contributed by atoms with Crippen molar-refractivity contribution in [2.75, 3.05) is 13.7 Å². The van der Waals surface area contributed by atoms with E-state index < -0.39 is 16.1 Å². The number of aryl methyl sites for hydroxylation is 1. The van der Waals surface area contributed by atoms with Crippen LogP contribution in [0.25, 0.3) is 0 Å². The minimum absolute atomic E-state index is 0.125. The molecule has 0 aliphatic carbocycles. The van der Waals surface area contributed by atoms with Crippen molar-refractivity contribution < 1.29 is 22.7 Å². The first-order chi connectivity index (χ1) is 10.4. The fourth-order valence-corrected chi connectivity index (χ4v) is 3.36. The van der Waals surface area contributed by atoms with E-state index in [9.17, 15) is 13.5 Å². The number of nitrogens with one attached hydrogen (secondary N) is 1. The summed E-state index contributed by atoms with van der Waals surface area (Å²) in [5.74, 6) is 0.604. The molecule has 1 atom stereocenters. The van der Waals surface area contributed by atoms with Crippen molar-refractivity contribution in [1.82, 2.24) is 4.72 Å². The smallest absolute Gasteiger partial charge is 0.240 e. The van der Waals surface area contributed by atoms with E-state index in [0.29, 0.717) is 16.9 Å². The van der Waals surface area contributed by atoms with Crippen LogP contribution in [0.3, 0.4) is 0 Å². The maximum Gasteiger partial charge on any atom is 0.240 e. The van der Waals surface area contributed by atoms with Gasteiger partial charge in [-0.15, -0.1) is 0 Å². The van der Waals surface area contributed by atoms with E-state index in [2.05, 4.69) is 4.72 Å². The van der Waals surface area contributed by atoms with Gasteiger partial charge in [-0.25, -0.2) is 13.1 Å². The number of rotatable bonds is 7. The van der Waals surface area contributed by atoms with Gasteiger partial charge in [0.05, 0.1) is 30.6 Å². The standard InChI is InChI=1S/C15H19NO5S/c1-11-9-13(20-2)3-4-15(11)22(18,19)16-7-5-14(17)12-6-8-21-10-12/h3-4,6,8-10,14,16-17H,5,7H2,1-2H3/t14-/m1/s1. The Hall–Kier alpha value is -1.83. The molecule has 6 nitrogen and oxygen atoms in total. The second kappa shape index (κ2) is 6.95. The first kappa shape index (κ1) is 16.5. The average molecular weight is 325 g/mol. The zero-order chi connectivity index (χ0) is 16.2. The Morgan fingerprint density at radius 1 is 1.36 bits per heavy atom. The number of ether oxygens (including phenoxy) is 1. The van der Waals surface area contributed by atoms with Gasteiger partial charge in [0, 0.05) is 12.1 Å². The maximum atomic E-state index is 12.3. The van der Waals surface area contributed by atoms with Gasteiger partial charge >= 0.3 is 0 Å². The molecule has 1 heterocycles. The van der Waals surface area contributed by atoms with Gasteiger partial charge in [-0.3, -0.25) is 0 Å². The molecular formula is C15H19NO5S. The zero-order valence-electron chi connectivity index (χ0n) is 12.4. The van der Waals surface area contributed by atoms with Crippen LogP contribution < -0.4 is 9.46 Å². The minimum atomic E-state index is -3.62. The third-order valence-electron chi connectivity index (χ3n) is 3.31. The molecule has 22 heavy (non-hydrogen) atoms. The van der Waals surface area contributed by atoms with Crippen molar-refractivity contribution >= 4 is 10.0 Å². The summed E-state index contributed by atoms with van der Waals surface area (Å²) in [7, 11) is -2.09. The molecule has 0 amide bonds. The highest BCUT2D eigenvalue weighted by molar-refractivity contribution is 7.89. The first-order valence-electron chi connectivity index (χ1n) is 6.78. The summed E-state index contributed by atoms with van der Waals surface area (Å²) in [6.07, 6.45) is 2.39. The Bertz CT molecular complexity index is 710. The largest absolute Gasteiger partial charge is 0.497 e. The summed E-state index contributed by atoms with van der Waals surface area (Å²) in [6.45, 7) is 1.83. The highest BCUT2D eigenvalue weighted by Gasteiger charge is 2.18. The van der Waals surface area contributed by atoms with E-state index in [1.54, 1.807) is 25.1 Å². The third kappa shape index (κ3) is 3.88. The molecule has 1 aromatic carbocycles. The molecule has 0 spiro atoms. The van der Waals surface area contributed by atoms with E-state index in [-0.39, 0.29) is 17.9 Å². The second-order valence-corrected chi connectivity index (χ2v) is 6.63. The molecule has 0 saturated heterocycles. The predicted molar refractivity (Wildman–Crippen MR) is 81.2 cm³/mol. The molecule has 0 aliphatic heterocycles. The maximum absolute atomic E-state index is 12.3. The van der Waals surface area contributed by atoms with Crippen molar-refractivity contribution in [2.45, 2.75) is 24.3 Å². The average Bonchev–Trinajstić information content (AvgIpc) is 3.00. The Kier molecular flexibility index (Phi) is 5.23. The van der Waals surface area contributed by atoms with Crippen LogP contribution >= 0.6 is 0 Å². The molecule has 120 valence electrons. The van der Waals surface area contributed by atoms with Crippen LogP contribution in [0.15, 0.2) is 46.1 Å². The molecule has 0 radical (unpaired) electrons. The summed E-state index contributed by atoms with van der Waals surface area (Å²) in [6, 6.07) is 6.41. The van der Waals surface area contributed by atoms with Gasteiger partial charge < -0.3 is 14.3 Å². The van der Waals surface area contributed by atoms with Crippen LogP contribution in [0.1, 0.15) is 23.7 Å². The van der Waals surface area contributed by atoms with Gasteiger partial charge in [-0.1, -0.05) is 0 Å². The van der Waals surface area contributed by atoms with Gasteiger partial charge in [0.25, 0.3) is 0 Å². The van der Waals surface area contributed by atoms with Gasteiger partial charge in [0.2, 0.25) is 10.0 Å². The number of aliphatic hydroxyl groups is 1. The van der Waals surface area contributed by atoms with E-state index in [1.807, 2.05) is 0 Å². The number of hydrogen-bond donors (Lipinski definition) is 2. The van der Waals surface area contributed by atoms with Crippen molar-refractivity contribution in [3.05, 3.63) is 47.9 Å². The fourth-order valence-electron chi connectivity index (χ4n) is 2.09. The van der Waals surface area contributed by atoms with Gasteiger partial charge in [-0.05, 0) is 43.2 Å². The van der Waals surface area contributed by atoms with Gasteiger partial charge in [0.15, 0.2) is 0 Å². The van der Waals surface area contributed by atoms with Gasteiger partial charge in [0.1, 0.15) is 5.75 Å². The molecule has 0 unspecified atom stereocenters. The van der Waals surface area contributed by atoms with E-state index in [0.717, 1.165) is 0 Å². The van der Waals surface area contributed by atoms with Gasteiger partial charge in [-0.2, -0.15) is 0 Å². The molecule has 2 rings (SSSR count). The number of benzene rings is 1. The lowest BCUT2D eigenvalue weighted by Gasteiger charge is -2.12. The topological polar surface area (TPSA) is 88.8 Å². The zero-order valence-corrected chi connectivity index (χ0v) is 13.3. The molecule has 7 heteroatoms. The number of hydrogen-bond acceptors (Lipinski definition) is 5. The Labute approximate surface area is 129 Å². The van der Waals surface area contributed by atoms with Crippen molar-refractivity contribution in [3.63, 3.8) is 0 Å². The summed E-state index contributed by atoms with van der Waals surface area (Å²) in [5, 5.41) is 9.89. The highest BCUT2D eigenvalue weighted by Crippen LogP contribution is 2.21. The van der Waals surface area contributed by atoms with Crippen LogP contribution in [0, 0.1) is 6.92 Å². The van der Waals surface area contributed by atoms with E-state index >= 15 is 0 Å². The predicted octanol–water partition coefficient (Wildman–Crippen LogP) is 2.00. The summed E-state index contributed by atoms with van der Waals surface area (Å²) < 4.78 is 37.0. The summed E-state index contributed by atoms with van der Waals surface area (Å²) >= 11 is 0. The minimum Gasteiger partial charge on any atom is -0.497 e. The Balaban J connectivity index is 1.99. The van der Waals surface area contributed by atoms with Crippen LogP contribution in [0.2, 0.25) is 0 Å². The first-order valence-corrected chi connectivity index (χ1v) is 8.27. The van der Waals surface area contributed by atoms with Crippen LogP contribution in [0.5, 0.6) is 5.75 Å². The summed E-state index contributed by atoms with van der Waals surface area (Å²) in [5.41, 5.74) is 1.22. The lowest BCUT2D eigenvalue weighted by molar-refractivity contribution is 0.168. The molecule has 1 aromatic heterocycles. The monoisotopic (exact) mass is 325 g/mol.